The van der Waals surface area contributed by atoms with Gasteiger partial charge in [0, 0.05) is 55.8 Å². The Kier molecular flexibility index (Phi) is 13.5. The lowest BCUT2D eigenvalue weighted by Gasteiger charge is -2.59. The van der Waals surface area contributed by atoms with E-state index in [2.05, 4.69) is 47.4 Å². The number of benzene rings is 2. The second kappa shape index (κ2) is 19.3. The Morgan fingerprint density at radius 1 is 0.955 bits per heavy atom. The van der Waals surface area contributed by atoms with E-state index in [1.54, 1.807) is 31.2 Å². The van der Waals surface area contributed by atoms with Gasteiger partial charge in [-0.25, -0.2) is 4.98 Å². The number of aromatic nitrogens is 2. The molecule has 0 saturated heterocycles. The van der Waals surface area contributed by atoms with Crippen molar-refractivity contribution in [1.29, 1.82) is 5.26 Å². The number of fused-ring (bicyclic) bond motifs is 3. The van der Waals surface area contributed by atoms with E-state index < -0.39 is 30.1 Å². The van der Waals surface area contributed by atoms with Crippen LogP contribution >= 0.6 is 0 Å². The van der Waals surface area contributed by atoms with Gasteiger partial charge in [0.1, 0.15) is 23.2 Å². The Hall–Kier alpha value is -6.33. The van der Waals surface area contributed by atoms with Gasteiger partial charge in [-0.2, -0.15) is 10.2 Å². The minimum atomic E-state index is -4.84. The number of imide groups is 2. The number of carbonyl (C=O) groups is 5. The van der Waals surface area contributed by atoms with Crippen molar-refractivity contribution in [2.24, 2.45) is 28.6 Å². The number of nitriles is 1. The molecule has 2 heterocycles. The van der Waals surface area contributed by atoms with Gasteiger partial charge in [0.05, 0.1) is 43.8 Å². The van der Waals surface area contributed by atoms with E-state index in [0.29, 0.717) is 62.0 Å². The second-order valence-corrected chi connectivity index (χ2v) is 17.9. The van der Waals surface area contributed by atoms with Gasteiger partial charge in [0.15, 0.2) is 0 Å². The molecule has 2 aromatic carbocycles. The molecule has 3 aromatic rings. The number of alkyl halides is 3. The Balaban J connectivity index is 0.747. The van der Waals surface area contributed by atoms with Crippen LogP contribution in [-0.4, -0.2) is 103 Å². The number of hydrogen-bond donors (Lipinski definition) is 5. The molecule has 3 bridgehead atoms. The zero-order chi connectivity index (χ0) is 46.6. The van der Waals surface area contributed by atoms with Gasteiger partial charge in [-0.05, 0) is 92.2 Å². The molecule has 4 fully saturated rings. The number of amides is 5. The van der Waals surface area contributed by atoms with E-state index in [1.807, 2.05) is 0 Å². The third-order valence-corrected chi connectivity index (χ3v) is 14.3. The molecule has 66 heavy (non-hydrogen) atoms. The van der Waals surface area contributed by atoms with Crippen molar-refractivity contribution in [2.45, 2.75) is 83.3 Å². The van der Waals surface area contributed by atoms with Crippen LogP contribution in [0.3, 0.4) is 0 Å². The average molecular weight is 916 g/mol. The summed E-state index contributed by atoms with van der Waals surface area (Å²) in [5.74, 6) is 0.0573. The number of carbonyl (C=O) groups excluding carboxylic acids is 5. The number of nitrogens with one attached hydrogen (secondary N) is 5. The fourth-order valence-corrected chi connectivity index (χ4v) is 11.5. The largest absolute Gasteiger partial charge is 0.573 e. The van der Waals surface area contributed by atoms with Crippen LogP contribution < -0.4 is 31.3 Å². The average Bonchev–Trinajstić information content (AvgIpc) is 3.79. The van der Waals surface area contributed by atoms with Gasteiger partial charge >= 0.3 is 6.36 Å². The molecule has 0 radical (unpaired) electrons. The van der Waals surface area contributed by atoms with Crippen LogP contribution in [0.1, 0.15) is 90.1 Å². The third-order valence-electron chi connectivity index (χ3n) is 14.3. The molecule has 17 nitrogen and oxygen atoms in total. The molecular formula is C46H52F3N9O8. The van der Waals surface area contributed by atoms with E-state index >= 15 is 0 Å². The van der Waals surface area contributed by atoms with Crippen LogP contribution in [0.25, 0.3) is 0 Å². The maximum Gasteiger partial charge on any atom is 0.573 e. The Morgan fingerprint density at radius 2 is 1.74 bits per heavy atom. The summed E-state index contributed by atoms with van der Waals surface area (Å²) in [4.78, 5) is 71.7. The number of rotatable bonds is 23. The van der Waals surface area contributed by atoms with Crippen molar-refractivity contribution in [3.8, 4) is 11.8 Å². The molecular weight excluding hydrogens is 864 g/mol. The number of hydrogen-bond acceptors (Lipinski definition) is 14. The van der Waals surface area contributed by atoms with Gasteiger partial charge in [-0.1, -0.05) is 24.3 Å². The maximum absolute atomic E-state index is 13.3. The van der Waals surface area contributed by atoms with Gasteiger partial charge in [0.25, 0.3) is 11.8 Å². The molecule has 1 aromatic heterocycles. The lowest BCUT2D eigenvalue weighted by molar-refractivity contribution is -0.274. The monoisotopic (exact) mass is 915 g/mol. The first kappa shape index (κ1) is 46.2. The highest BCUT2D eigenvalue weighted by Crippen LogP contribution is 2.81. The molecule has 20 heteroatoms. The first-order chi connectivity index (χ1) is 31.7. The van der Waals surface area contributed by atoms with E-state index in [1.165, 1.54) is 24.4 Å². The molecule has 5 N–H and O–H groups in total. The lowest BCUT2D eigenvalue weighted by atomic mass is 9.46. The third kappa shape index (κ3) is 9.36. The zero-order valence-corrected chi connectivity index (χ0v) is 36.4. The first-order valence-electron chi connectivity index (χ1n) is 22.3. The summed E-state index contributed by atoms with van der Waals surface area (Å²) in [5, 5.41) is 24.9. The standard InChI is InChI=1S/C46H52F3N9O8/c1-27(9-10-36(60)55-26-59)58-41(62)33-6-4-7-34(38(33)42(58)63)51-12-14-65-16-15-64-13-11-37(61)56-39-29-17-32-21-44(18-30(39)20-45(32,44)19-29)25-54-40-31(22-50)24-53-43(57-40)52-23-28-5-2-3-8-35(28)66-46(47,48)49/h2-8,24,26-27,29-30,32,39,51H,9-21,23,25H2,1H3,(H,56,61)(H,55,59,60)(H2,52,53,54,57). The van der Waals surface area contributed by atoms with E-state index in [4.69, 9.17) is 9.47 Å². The summed E-state index contributed by atoms with van der Waals surface area (Å²) < 4.78 is 54.4. The number of nitrogens with zero attached hydrogens (tertiary/aromatic N) is 4. The highest BCUT2D eigenvalue weighted by molar-refractivity contribution is 6.24. The van der Waals surface area contributed by atoms with Gasteiger partial charge in [0.2, 0.25) is 24.2 Å². The highest BCUT2D eigenvalue weighted by atomic mass is 19.4. The summed E-state index contributed by atoms with van der Waals surface area (Å²) in [6.45, 7) is 3.73. The molecule has 1 spiro atoms. The molecule has 5 aliphatic rings. The quantitative estimate of drug-likeness (QED) is 0.0471. The predicted molar refractivity (Wildman–Crippen MR) is 231 cm³/mol. The zero-order valence-electron chi connectivity index (χ0n) is 36.4. The normalized spacial score (nSPS) is 24.7. The van der Waals surface area contributed by atoms with Crippen LogP contribution in [0.2, 0.25) is 0 Å². The molecule has 7 atom stereocenters. The molecule has 4 saturated carbocycles. The summed E-state index contributed by atoms with van der Waals surface area (Å²) in [7, 11) is 0. The Bertz CT molecular complexity index is 2390. The SMILES string of the molecule is CC(CCC(=O)NC=O)N1C(=O)c2cccc(NCCOCCOCCC(=O)NC3C4CC5CC6(CNc7nc(NCc8ccccc8OC(F)(F)F)ncc7C#N)CC3CC56C4)c2C1=O. The van der Waals surface area contributed by atoms with Gasteiger partial charge < -0.3 is 35.5 Å². The maximum atomic E-state index is 13.3. The van der Waals surface area contributed by atoms with Crippen molar-refractivity contribution >= 4 is 47.5 Å². The topological polar surface area (TPSA) is 226 Å². The number of ether oxygens (including phenoxy) is 3. The van der Waals surface area contributed by atoms with Crippen LogP contribution in [0.4, 0.5) is 30.6 Å². The Labute approximate surface area is 378 Å². The van der Waals surface area contributed by atoms with Gasteiger partial charge in [-0.15, -0.1) is 13.2 Å². The lowest BCUT2D eigenvalue weighted by Crippen LogP contribution is -2.55. The Morgan fingerprint density at radius 3 is 2.53 bits per heavy atom. The molecule has 1 aliphatic heterocycles. The first-order valence-corrected chi connectivity index (χ1v) is 22.3. The van der Waals surface area contributed by atoms with Crippen molar-refractivity contribution in [1.82, 2.24) is 25.5 Å². The minimum absolute atomic E-state index is 0.00726. The van der Waals surface area contributed by atoms with E-state index in [-0.39, 0.29) is 95.8 Å². The molecule has 350 valence electrons. The molecule has 8 rings (SSSR count). The summed E-state index contributed by atoms with van der Waals surface area (Å²) in [6.07, 6.45) is 2.42. The predicted octanol–water partition coefficient (Wildman–Crippen LogP) is 5.15. The van der Waals surface area contributed by atoms with E-state index in [0.717, 1.165) is 37.0 Å². The van der Waals surface area contributed by atoms with E-state index in [9.17, 15) is 42.4 Å². The fraction of sp³-hybridized carbons (Fsp3) is 0.522. The van der Waals surface area contributed by atoms with Crippen LogP contribution in [-0.2, 0) is 30.4 Å². The number of halogens is 3. The number of para-hydroxylation sites is 1. The van der Waals surface area contributed by atoms with Crippen molar-refractivity contribution in [3.63, 3.8) is 0 Å². The van der Waals surface area contributed by atoms with Crippen LogP contribution in [0, 0.1) is 39.9 Å². The van der Waals surface area contributed by atoms with Gasteiger partial charge in [-0.3, -0.25) is 34.2 Å². The summed E-state index contributed by atoms with van der Waals surface area (Å²) in [5.41, 5.74) is 1.73. The van der Waals surface area contributed by atoms with Crippen LogP contribution in [0.5, 0.6) is 5.75 Å². The number of anilines is 3. The molecule has 5 amide bonds. The molecule has 4 aliphatic carbocycles. The summed E-state index contributed by atoms with van der Waals surface area (Å²) in [6, 6.07) is 12.5. The van der Waals surface area contributed by atoms with Crippen molar-refractivity contribution in [2.75, 3.05) is 55.5 Å². The second-order valence-electron chi connectivity index (χ2n) is 17.9. The fourth-order valence-electron chi connectivity index (χ4n) is 11.5. The smallest absolute Gasteiger partial charge is 0.405 e. The molecule has 7 unspecified atom stereocenters. The van der Waals surface area contributed by atoms with Crippen molar-refractivity contribution in [3.05, 3.63) is 70.9 Å². The minimum Gasteiger partial charge on any atom is -0.405 e. The highest BCUT2D eigenvalue weighted by Gasteiger charge is 2.76. The van der Waals surface area contributed by atoms with Crippen molar-refractivity contribution < 1.29 is 51.4 Å². The van der Waals surface area contributed by atoms with Crippen LogP contribution in [0.15, 0.2) is 48.7 Å². The summed E-state index contributed by atoms with van der Waals surface area (Å²) >= 11 is 0.